The van der Waals surface area contributed by atoms with Gasteiger partial charge in [0.1, 0.15) is 0 Å². The van der Waals surface area contributed by atoms with Gasteiger partial charge in [-0.3, -0.25) is 0 Å². The molecule has 0 radical (unpaired) electrons. The molecule has 0 unspecified atom stereocenters. The molecule has 0 N–H and O–H groups in total. The van der Waals surface area contributed by atoms with E-state index in [1.807, 2.05) is 55.5 Å². The Hall–Kier alpha value is -3.36. The van der Waals surface area contributed by atoms with Crippen LogP contribution in [0.1, 0.15) is 5.56 Å². The first-order valence-electron chi connectivity index (χ1n) is 10.0. The minimum atomic E-state index is 0.562. The van der Waals surface area contributed by atoms with Gasteiger partial charge in [0, 0.05) is 29.9 Å². The molecule has 0 spiro atoms. The number of anilines is 1. The zero-order valence-electron chi connectivity index (χ0n) is 16.9. The summed E-state index contributed by atoms with van der Waals surface area (Å²) < 4.78 is 7.16. The van der Waals surface area contributed by atoms with Gasteiger partial charge in [-0.25, -0.2) is 9.97 Å². The number of aromatic nitrogens is 6. The molecule has 0 saturated carbocycles. The molecule has 31 heavy (non-hydrogen) atoms. The van der Waals surface area contributed by atoms with Crippen LogP contribution in [0.4, 0.5) is 5.95 Å². The van der Waals surface area contributed by atoms with Crippen LogP contribution in [0.3, 0.4) is 0 Å². The lowest BCUT2D eigenvalue weighted by Gasteiger charge is -2.27. The second kappa shape index (κ2) is 8.41. The lowest BCUT2D eigenvalue weighted by atomic mass is 10.1. The Morgan fingerprint density at radius 1 is 1.03 bits per heavy atom. The lowest BCUT2D eigenvalue weighted by Crippen LogP contribution is -2.37. The second-order valence-electron chi connectivity index (χ2n) is 7.29. The highest BCUT2D eigenvalue weighted by Gasteiger charge is 2.21. The number of morpholine rings is 1. The van der Waals surface area contributed by atoms with Crippen LogP contribution in [0.5, 0.6) is 0 Å². The molecule has 2 aromatic heterocycles. The average Bonchev–Trinajstić information content (AvgIpc) is 3.29. The maximum atomic E-state index is 6.29. The van der Waals surface area contributed by atoms with Crippen LogP contribution in [-0.4, -0.2) is 56.5 Å². The minimum Gasteiger partial charge on any atom is -0.378 e. The van der Waals surface area contributed by atoms with Crippen LogP contribution >= 0.6 is 11.6 Å². The van der Waals surface area contributed by atoms with Crippen molar-refractivity contribution in [2.75, 3.05) is 31.2 Å². The molecule has 0 atom stereocenters. The summed E-state index contributed by atoms with van der Waals surface area (Å²) in [6.07, 6.45) is 1.78. The third-order valence-electron chi connectivity index (χ3n) is 5.16. The molecular formula is C22H20ClN7O. The largest absolute Gasteiger partial charge is 0.378 e. The Kier molecular flexibility index (Phi) is 5.31. The fraction of sp³-hybridized carbons (Fsp3) is 0.227. The maximum absolute atomic E-state index is 6.29. The lowest BCUT2D eigenvalue weighted by molar-refractivity contribution is 0.122. The first-order valence-corrected chi connectivity index (χ1v) is 10.4. The summed E-state index contributed by atoms with van der Waals surface area (Å²) in [4.78, 5) is 11.7. The van der Waals surface area contributed by atoms with Crippen molar-refractivity contribution in [2.45, 2.75) is 6.92 Å². The SMILES string of the molecule is Cc1ccc(-n2nnnc2-c2cnc(N3CCOCC3)nc2-c2cccc(Cl)c2)cc1. The molecule has 1 aliphatic rings. The molecular weight excluding hydrogens is 414 g/mol. The first kappa shape index (κ1) is 19.6. The van der Waals surface area contributed by atoms with E-state index in [-0.39, 0.29) is 0 Å². The monoisotopic (exact) mass is 433 g/mol. The van der Waals surface area contributed by atoms with Crippen molar-refractivity contribution in [3.63, 3.8) is 0 Å². The van der Waals surface area contributed by atoms with E-state index in [0.717, 1.165) is 41.2 Å². The van der Waals surface area contributed by atoms with Gasteiger partial charge < -0.3 is 9.64 Å². The Morgan fingerprint density at radius 2 is 1.84 bits per heavy atom. The van der Waals surface area contributed by atoms with E-state index in [1.165, 1.54) is 0 Å². The van der Waals surface area contributed by atoms with E-state index in [4.69, 9.17) is 21.3 Å². The Balaban J connectivity index is 1.65. The summed E-state index contributed by atoms with van der Waals surface area (Å²) in [5.74, 6) is 1.21. The summed E-state index contributed by atoms with van der Waals surface area (Å²) in [7, 11) is 0. The molecule has 0 amide bonds. The first-order chi connectivity index (χ1) is 15.2. The summed E-state index contributed by atoms with van der Waals surface area (Å²) in [6.45, 7) is 4.84. The number of ether oxygens (including phenoxy) is 1. The number of halogens is 1. The summed E-state index contributed by atoms with van der Waals surface area (Å²) in [5.41, 5.74) is 4.35. The predicted octanol–water partition coefficient (Wildman–Crippen LogP) is 3.58. The molecule has 0 aliphatic carbocycles. The van der Waals surface area contributed by atoms with Crippen LogP contribution in [-0.2, 0) is 4.74 Å². The van der Waals surface area contributed by atoms with E-state index < -0.39 is 0 Å². The molecule has 1 fully saturated rings. The Morgan fingerprint density at radius 3 is 2.61 bits per heavy atom. The molecule has 1 saturated heterocycles. The quantitative estimate of drug-likeness (QED) is 0.486. The van der Waals surface area contributed by atoms with Crippen LogP contribution in [0.15, 0.2) is 54.7 Å². The molecule has 0 bridgehead atoms. The summed E-state index contributed by atoms with van der Waals surface area (Å²) in [5, 5.41) is 13.0. The van der Waals surface area contributed by atoms with E-state index in [2.05, 4.69) is 25.4 Å². The van der Waals surface area contributed by atoms with Gasteiger partial charge in [-0.1, -0.05) is 41.4 Å². The van der Waals surface area contributed by atoms with Crippen molar-refractivity contribution < 1.29 is 4.74 Å². The second-order valence-corrected chi connectivity index (χ2v) is 7.73. The zero-order valence-corrected chi connectivity index (χ0v) is 17.7. The van der Waals surface area contributed by atoms with Gasteiger partial charge in [-0.05, 0) is 41.6 Å². The van der Waals surface area contributed by atoms with Crippen LogP contribution in [0.2, 0.25) is 5.02 Å². The van der Waals surface area contributed by atoms with E-state index >= 15 is 0 Å². The zero-order chi connectivity index (χ0) is 21.2. The van der Waals surface area contributed by atoms with Crippen LogP contribution in [0.25, 0.3) is 28.3 Å². The van der Waals surface area contributed by atoms with Crippen molar-refractivity contribution in [3.05, 3.63) is 65.3 Å². The van der Waals surface area contributed by atoms with Crippen molar-refractivity contribution in [1.29, 1.82) is 0 Å². The van der Waals surface area contributed by atoms with Gasteiger partial charge in [0.2, 0.25) is 5.95 Å². The maximum Gasteiger partial charge on any atom is 0.226 e. The van der Waals surface area contributed by atoms with Gasteiger partial charge in [-0.2, -0.15) is 4.68 Å². The molecule has 156 valence electrons. The molecule has 9 heteroatoms. The highest BCUT2D eigenvalue weighted by molar-refractivity contribution is 6.30. The topological polar surface area (TPSA) is 81.9 Å². The van der Waals surface area contributed by atoms with Crippen molar-refractivity contribution >= 4 is 17.5 Å². The van der Waals surface area contributed by atoms with Crippen molar-refractivity contribution in [2.24, 2.45) is 0 Å². The number of hydrogen-bond acceptors (Lipinski definition) is 7. The van der Waals surface area contributed by atoms with Crippen molar-refractivity contribution in [1.82, 2.24) is 30.2 Å². The van der Waals surface area contributed by atoms with Crippen LogP contribution in [0, 0.1) is 6.92 Å². The van der Waals surface area contributed by atoms with Gasteiger partial charge in [0.05, 0.1) is 30.2 Å². The van der Waals surface area contributed by atoms with Gasteiger partial charge in [0.15, 0.2) is 5.82 Å². The van der Waals surface area contributed by atoms with Gasteiger partial charge in [-0.15, -0.1) is 5.10 Å². The number of benzene rings is 2. The molecule has 1 aliphatic heterocycles. The highest BCUT2D eigenvalue weighted by Crippen LogP contribution is 2.32. The van der Waals surface area contributed by atoms with E-state index in [1.54, 1.807) is 10.9 Å². The van der Waals surface area contributed by atoms with E-state index in [0.29, 0.717) is 30.0 Å². The molecule has 3 heterocycles. The number of rotatable bonds is 4. The predicted molar refractivity (Wildman–Crippen MR) is 118 cm³/mol. The number of nitrogens with zero attached hydrogens (tertiary/aromatic N) is 7. The molecule has 5 rings (SSSR count). The van der Waals surface area contributed by atoms with Crippen molar-refractivity contribution in [3.8, 4) is 28.3 Å². The normalized spacial score (nSPS) is 14.1. The van der Waals surface area contributed by atoms with Crippen LogP contribution < -0.4 is 4.90 Å². The minimum absolute atomic E-state index is 0.562. The summed E-state index contributed by atoms with van der Waals surface area (Å²) in [6, 6.07) is 15.6. The standard InChI is InChI=1S/C22H20ClN7O/c1-15-5-7-18(8-6-15)30-21(26-27-28-30)19-14-24-22(29-9-11-31-12-10-29)25-20(19)16-3-2-4-17(23)13-16/h2-8,13-14H,9-12H2,1H3. The molecule has 2 aromatic carbocycles. The fourth-order valence-corrected chi connectivity index (χ4v) is 3.71. The van der Waals surface area contributed by atoms with Gasteiger partial charge >= 0.3 is 0 Å². The summed E-state index contributed by atoms with van der Waals surface area (Å²) >= 11 is 6.29. The molecule has 4 aromatic rings. The average molecular weight is 434 g/mol. The Bertz CT molecular complexity index is 1200. The third-order valence-corrected chi connectivity index (χ3v) is 5.39. The smallest absolute Gasteiger partial charge is 0.226 e. The van der Waals surface area contributed by atoms with E-state index in [9.17, 15) is 0 Å². The fourth-order valence-electron chi connectivity index (χ4n) is 3.52. The number of tetrazole rings is 1. The van der Waals surface area contributed by atoms with Gasteiger partial charge in [0.25, 0.3) is 0 Å². The number of aryl methyl sites for hydroxylation is 1. The highest BCUT2D eigenvalue weighted by atomic mass is 35.5. The third kappa shape index (κ3) is 3.99. The Labute approximate surface area is 184 Å². The molecule has 8 nitrogen and oxygen atoms in total. The number of hydrogen-bond donors (Lipinski definition) is 0.